The van der Waals surface area contributed by atoms with E-state index in [4.69, 9.17) is 4.42 Å². The van der Waals surface area contributed by atoms with Gasteiger partial charge in [0.25, 0.3) is 0 Å². The number of nitrogens with one attached hydrogen (secondary N) is 2. The number of aryl methyl sites for hydroxylation is 1. The second-order valence-corrected chi connectivity index (χ2v) is 5.05. The lowest BCUT2D eigenvalue weighted by atomic mass is 9.90. The zero-order valence-corrected chi connectivity index (χ0v) is 10.6. The van der Waals surface area contributed by atoms with E-state index in [0.29, 0.717) is 5.58 Å². The number of oxazole rings is 1. The Labute approximate surface area is 105 Å². The summed E-state index contributed by atoms with van der Waals surface area (Å²) in [6.45, 7) is 4.98. The molecule has 96 valence electrons. The van der Waals surface area contributed by atoms with Crippen molar-refractivity contribution >= 4 is 11.1 Å². The molecule has 1 fully saturated rings. The van der Waals surface area contributed by atoms with Crippen molar-refractivity contribution in [2.24, 2.45) is 7.05 Å². The third-order valence-electron chi connectivity index (χ3n) is 3.72. The van der Waals surface area contributed by atoms with E-state index in [1.807, 2.05) is 18.2 Å². The number of benzene rings is 1. The minimum Gasteiger partial charge on any atom is -0.408 e. The van der Waals surface area contributed by atoms with E-state index in [2.05, 4.69) is 17.6 Å². The molecule has 18 heavy (non-hydrogen) atoms. The van der Waals surface area contributed by atoms with Crippen molar-refractivity contribution in [3.05, 3.63) is 34.3 Å². The van der Waals surface area contributed by atoms with Gasteiger partial charge in [0.1, 0.15) is 0 Å². The number of piperazine rings is 1. The van der Waals surface area contributed by atoms with E-state index >= 15 is 0 Å². The van der Waals surface area contributed by atoms with Crippen LogP contribution in [0.3, 0.4) is 0 Å². The first-order valence-electron chi connectivity index (χ1n) is 6.16. The van der Waals surface area contributed by atoms with E-state index in [0.717, 1.165) is 25.2 Å². The molecule has 1 unspecified atom stereocenters. The zero-order valence-electron chi connectivity index (χ0n) is 10.6. The molecule has 0 amide bonds. The third-order valence-corrected chi connectivity index (χ3v) is 3.72. The van der Waals surface area contributed by atoms with Gasteiger partial charge in [-0.05, 0) is 24.6 Å². The van der Waals surface area contributed by atoms with Gasteiger partial charge in [-0.3, -0.25) is 4.57 Å². The average Bonchev–Trinajstić information content (AvgIpc) is 2.66. The van der Waals surface area contributed by atoms with Crippen LogP contribution in [0.1, 0.15) is 12.5 Å². The Morgan fingerprint density at radius 2 is 2.22 bits per heavy atom. The normalized spacial score (nSPS) is 24.6. The molecule has 0 spiro atoms. The molecule has 0 bridgehead atoms. The van der Waals surface area contributed by atoms with Crippen LogP contribution in [0.25, 0.3) is 11.1 Å². The smallest absolute Gasteiger partial charge is 0.408 e. The van der Waals surface area contributed by atoms with Gasteiger partial charge in [0.15, 0.2) is 5.58 Å². The van der Waals surface area contributed by atoms with Gasteiger partial charge in [-0.15, -0.1) is 0 Å². The fraction of sp³-hybridized carbons (Fsp3) is 0.462. The molecule has 0 saturated carbocycles. The number of fused-ring (bicyclic) bond motifs is 1. The fourth-order valence-electron chi connectivity index (χ4n) is 2.50. The molecule has 1 atom stereocenters. The molecule has 2 heterocycles. The van der Waals surface area contributed by atoms with Crippen molar-refractivity contribution in [2.75, 3.05) is 19.6 Å². The zero-order chi connectivity index (χ0) is 12.8. The molecule has 3 rings (SSSR count). The van der Waals surface area contributed by atoms with Gasteiger partial charge in [-0.25, -0.2) is 4.79 Å². The predicted molar refractivity (Wildman–Crippen MR) is 69.7 cm³/mol. The summed E-state index contributed by atoms with van der Waals surface area (Å²) in [5, 5.41) is 6.91. The van der Waals surface area contributed by atoms with Crippen molar-refractivity contribution in [2.45, 2.75) is 12.5 Å². The molecule has 5 nitrogen and oxygen atoms in total. The van der Waals surface area contributed by atoms with Crippen LogP contribution in [0, 0.1) is 0 Å². The fourth-order valence-corrected chi connectivity index (χ4v) is 2.50. The van der Waals surface area contributed by atoms with Gasteiger partial charge in [0.05, 0.1) is 11.1 Å². The predicted octanol–water partition coefficient (Wildman–Crippen LogP) is 0.540. The number of hydrogen-bond donors (Lipinski definition) is 2. The van der Waals surface area contributed by atoms with Crippen LogP contribution in [0.5, 0.6) is 0 Å². The summed E-state index contributed by atoms with van der Waals surface area (Å²) in [4.78, 5) is 11.5. The molecule has 5 heteroatoms. The Hall–Kier alpha value is -1.59. The maximum absolute atomic E-state index is 11.5. The van der Waals surface area contributed by atoms with E-state index in [9.17, 15) is 4.79 Å². The summed E-state index contributed by atoms with van der Waals surface area (Å²) < 4.78 is 6.69. The Morgan fingerprint density at radius 3 is 2.94 bits per heavy atom. The lowest BCUT2D eigenvalue weighted by Gasteiger charge is -2.36. The molecule has 1 aromatic heterocycles. The molecule has 1 aliphatic rings. The highest BCUT2D eigenvalue weighted by atomic mass is 16.4. The monoisotopic (exact) mass is 247 g/mol. The highest BCUT2D eigenvalue weighted by Crippen LogP contribution is 2.25. The van der Waals surface area contributed by atoms with Crippen molar-refractivity contribution in [3.63, 3.8) is 0 Å². The second-order valence-electron chi connectivity index (χ2n) is 5.05. The largest absolute Gasteiger partial charge is 0.419 e. The number of rotatable bonds is 1. The van der Waals surface area contributed by atoms with Crippen LogP contribution < -0.4 is 16.4 Å². The number of aromatic nitrogens is 1. The van der Waals surface area contributed by atoms with Crippen molar-refractivity contribution in [1.82, 2.24) is 15.2 Å². The number of hydrogen-bond acceptors (Lipinski definition) is 4. The molecule has 1 aliphatic heterocycles. The maximum Gasteiger partial charge on any atom is 0.419 e. The summed E-state index contributed by atoms with van der Waals surface area (Å²) >= 11 is 0. The SMILES string of the molecule is Cn1c(=O)oc2ccc(C3(C)CNCCN3)cc21. The highest BCUT2D eigenvalue weighted by molar-refractivity contribution is 5.74. The maximum atomic E-state index is 11.5. The first-order valence-corrected chi connectivity index (χ1v) is 6.16. The lowest BCUT2D eigenvalue weighted by molar-refractivity contribution is 0.303. The van der Waals surface area contributed by atoms with Crippen molar-refractivity contribution in [3.8, 4) is 0 Å². The summed E-state index contributed by atoms with van der Waals surface area (Å²) in [5.41, 5.74) is 2.54. The minimum absolute atomic E-state index is 0.0975. The topological polar surface area (TPSA) is 59.2 Å². The van der Waals surface area contributed by atoms with Gasteiger partial charge >= 0.3 is 5.76 Å². The van der Waals surface area contributed by atoms with Crippen molar-refractivity contribution in [1.29, 1.82) is 0 Å². The molecule has 0 aliphatic carbocycles. The quantitative estimate of drug-likeness (QED) is 0.772. The second kappa shape index (κ2) is 3.96. The lowest BCUT2D eigenvalue weighted by Crippen LogP contribution is -2.54. The van der Waals surface area contributed by atoms with E-state index < -0.39 is 0 Å². The standard InChI is InChI=1S/C13H17N3O2/c1-13(8-14-5-6-15-13)9-3-4-11-10(7-9)16(2)12(17)18-11/h3-4,7,14-15H,5-6,8H2,1-2H3. The van der Waals surface area contributed by atoms with Crippen LogP contribution >= 0.6 is 0 Å². The van der Waals surface area contributed by atoms with Gasteiger partial charge in [-0.2, -0.15) is 0 Å². The molecule has 1 aromatic carbocycles. The molecular formula is C13H17N3O2. The Balaban J connectivity index is 2.12. The van der Waals surface area contributed by atoms with Crippen molar-refractivity contribution < 1.29 is 4.42 Å². The Bertz CT molecular complexity index is 635. The highest BCUT2D eigenvalue weighted by Gasteiger charge is 2.28. The van der Waals surface area contributed by atoms with E-state index in [1.54, 1.807) is 11.6 Å². The van der Waals surface area contributed by atoms with Crippen LogP contribution in [0.4, 0.5) is 0 Å². The third kappa shape index (κ3) is 1.67. The molecule has 1 saturated heterocycles. The summed E-state index contributed by atoms with van der Waals surface area (Å²) in [6, 6.07) is 5.92. The minimum atomic E-state index is -0.318. The van der Waals surface area contributed by atoms with Crippen LogP contribution in [0.15, 0.2) is 27.4 Å². The Kier molecular flexibility index (Phi) is 2.53. The van der Waals surface area contributed by atoms with Gasteiger partial charge in [0.2, 0.25) is 0 Å². The molecule has 0 radical (unpaired) electrons. The summed E-state index contributed by atoms with van der Waals surface area (Å²) in [5.74, 6) is -0.318. The van der Waals surface area contributed by atoms with E-state index in [1.165, 1.54) is 5.56 Å². The van der Waals surface area contributed by atoms with Gasteiger partial charge in [-0.1, -0.05) is 6.07 Å². The average molecular weight is 247 g/mol. The van der Waals surface area contributed by atoms with E-state index in [-0.39, 0.29) is 11.3 Å². The van der Waals surface area contributed by atoms with Crippen LogP contribution in [-0.4, -0.2) is 24.2 Å². The number of nitrogens with zero attached hydrogens (tertiary/aromatic N) is 1. The first-order chi connectivity index (χ1) is 8.60. The van der Waals surface area contributed by atoms with Gasteiger partial charge < -0.3 is 15.1 Å². The summed E-state index contributed by atoms with van der Waals surface area (Å²) in [7, 11) is 1.73. The van der Waals surface area contributed by atoms with Crippen LogP contribution in [-0.2, 0) is 12.6 Å². The summed E-state index contributed by atoms with van der Waals surface area (Å²) in [6.07, 6.45) is 0. The molecular weight excluding hydrogens is 230 g/mol. The van der Waals surface area contributed by atoms with Gasteiger partial charge in [0, 0.05) is 26.7 Å². The molecule has 2 N–H and O–H groups in total. The van der Waals surface area contributed by atoms with Crippen LogP contribution in [0.2, 0.25) is 0 Å². The Morgan fingerprint density at radius 1 is 1.39 bits per heavy atom. The molecule has 2 aromatic rings. The first kappa shape index (κ1) is 11.5.